The van der Waals surface area contributed by atoms with Crippen molar-refractivity contribution in [3.63, 3.8) is 0 Å². The van der Waals surface area contributed by atoms with Crippen LogP contribution >= 0.6 is 11.6 Å². The molecule has 10 heteroatoms. The molecular formula is C31H32ClF2N3O4. The monoisotopic (exact) mass is 583 g/mol. The summed E-state index contributed by atoms with van der Waals surface area (Å²) in [5, 5.41) is 5.76. The summed E-state index contributed by atoms with van der Waals surface area (Å²) in [5.41, 5.74) is -0.857. The van der Waals surface area contributed by atoms with Gasteiger partial charge < -0.3 is 20.3 Å². The van der Waals surface area contributed by atoms with Gasteiger partial charge in [-0.05, 0) is 42.5 Å². The van der Waals surface area contributed by atoms with Crippen LogP contribution in [-0.4, -0.2) is 46.4 Å². The largest absolute Gasteiger partial charge is 0.359 e. The average Bonchev–Trinajstić information content (AvgIpc) is 3.58. The average molecular weight is 584 g/mol. The number of ether oxygens (including phenoxy) is 1. The summed E-state index contributed by atoms with van der Waals surface area (Å²) in [4.78, 5) is 43.2. The van der Waals surface area contributed by atoms with Gasteiger partial charge in [0.2, 0.25) is 17.7 Å². The summed E-state index contributed by atoms with van der Waals surface area (Å²) in [5.74, 6) is -3.73. The van der Waals surface area contributed by atoms with Gasteiger partial charge in [-0.25, -0.2) is 8.78 Å². The number of nitrogens with one attached hydrogen (secondary N) is 2. The molecule has 216 valence electrons. The second-order valence-corrected chi connectivity index (χ2v) is 12.2. The van der Waals surface area contributed by atoms with Gasteiger partial charge in [0.1, 0.15) is 23.3 Å². The van der Waals surface area contributed by atoms with Crippen LogP contribution in [0.4, 0.5) is 14.5 Å². The van der Waals surface area contributed by atoms with Gasteiger partial charge in [0, 0.05) is 23.8 Å². The summed E-state index contributed by atoms with van der Waals surface area (Å²) in [6.07, 6.45) is 5.60. The molecule has 2 aromatic rings. The molecule has 4 aliphatic rings. The lowest BCUT2D eigenvalue weighted by atomic mass is 9.73. The molecule has 1 spiro atoms. The number of hydrogen-bond donors (Lipinski definition) is 2. The van der Waals surface area contributed by atoms with Crippen LogP contribution in [0.3, 0.4) is 0 Å². The Morgan fingerprint density at radius 3 is 2.63 bits per heavy atom. The molecule has 3 aliphatic heterocycles. The van der Waals surface area contributed by atoms with Gasteiger partial charge in [0.25, 0.3) is 0 Å². The number of carbonyl (C=O) groups excluding carboxylic acids is 3. The molecule has 1 aliphatic carbocycles. The third-order valence-electron chi connectivity index (χ3n) is 9.45. The van der Waals surface area contributed by atoms with Crippen molar-refractivity contribution in [2.24, 2.45) is 23.7 Å². The highest BCUT2D eigenvalue weighted by Crippen LogP contribution is 2.55. The first-order chi connectivity index (χ1) is 19.6. The molecule has 6 rings (SSSR count). The van der Waals surface area contributed by atoms with Gasteiger partial charge in [-0.3, -0.25) is 14.4 Å². The van der Waals surface area contributed by atoms with Crippen LogP contribution in [0.1, 0.15) is 38.7 Å². The number of carbonyl (C=O) groups is 3. The number of fused-ring (bicyclic) bond motifs is 1. The lowest BCUT2D eigenvalue weighted by Crippen LogP contribution is -2.57. The molecule has 2 saturated heterocycles. The van der Waals surface area contributed by atoms with E-state index in [0.29, 0.717) is 5.92 Å². The van der Waals surface area contributed by atoms with Gasteiger partial charge in [-0.15, -0.1) is 0 Å². The molecule has 8 atom stereocenters. The van der Waals surface area contributed by atoms with Crippen molar-refractivity contribution in [3.05, 3.63) is 76.8 Å². The van der Waals surface area contributed by atoms with Crippen molar-refractivity contribution < 1.29 is 27.9 Å². The van der Waals surface area contributed by atoms with Crippen LogP contribution < -0.4 is 10.6 Å². The first-order valence-corrected chi connectivity index (χ1v) is 14.5. The summed E-state index contributed by atoms with van der Waals surface area (Å²) >= 11 is 5.90. The van der Waals surface area contributed by atoms with E-state index in [1.807, 2.05) is 0 Å². The van der Waals surface area contributed by atoms with E-state index in [-0.39, 0.29) is 40.7 Å². The quantitative estimate of drug-likeness (QED) is 0.476. The molecule has 3 heterocycles. The summed E-state index contributed by atoms with van der Waals surface area (Å²) < 4.78 is 34.8. The number of halogens is 3. The van der Waals surface area contributed by atoms with Gasteiger partial charge in [-0.2, -0.15) is 0 Å². The van der Waals surface area contributed by atoms with E-state index < -0.39 is 53.0 Å². The normalized spacial score (nSPS) is 33.6. The van der Waals surface area contributed by atoms with Gasteiger partial charge >= 0.3 is 0 Å². The highest BCUT2D eigenvalue weighted by molar-refractivity contribution is 6.31. The second-order valence-electron chi connectivity index (χ2n) is 11.8. The van der Waals surface area contributed by atoms with Crippen molar-refractivity contribution in [1.82, 2.24) is 10.2 Å². The van der Waals surface area contributed by atoms with Crippen molar-refractivity contribution in [2.45, 2.75) is 63.4 Å². The molecular weight excluding hydrogens is 552 g/mol. The van der Waals surface area contributed by atoms with E-state index in [1.54, 1.807) is 30.4 Å². The third-order valence-corrected chi connectivity index (χ3v) is 9.73. The van der Waals surface area contributed by atoms with Crippen LogP contribution in [0, 0.1) is 35.3 Å². The Morgan fingerprint density at radius 1 is 1.10 bits per heavy atom. The fraction of sp³-hybridized carbons (Fsp3) is 0.452. The van der Waals surface area contributed by atoms with Gasteiger partial charge in [0.05, 0.1) is 23.0 Å². The minimum Gasteiger partial charge on any atom is -0.359 e. The molecule has 0 aromatic heterocycles. The first-order valence-electron chi connectivity index (χ1n) is 14.1. The molecule has 3 fully saturated rings. The molecule has 3 amide bonds. The minimum atomic E-state index is -1.39. The molecule has 0 radical (unpaired) electrons. The van der Waals surface area contributed by atoms with Crippen LogP contribution in [0.2, 0.25) is 5.02 Å². The van der Waals surface area contributed by atoms with E-state index in [9.17, 15) is 23.2 Å². The number of anilines is 1. The summed E-state index contributed by atoms with van der Waals surface area (Å²) in [6.45, 7) is 4.14. The number of amides is 3. The Balaban J connectivity index is 1.34. The van der Waals surface area contributed by atoms with E-state index >= 15 is 0 Å². The fourth-order valence-electron chi connectivity index (χ4n) is 7.09. The van der Waals surface area contributed by atoms with Crippen molar-refractivity contribution in [1.29, 1.82) is 0 Å². The SMILES string of the molecule is C[C@@H]1[C@H](C)CCC[C@@H]1NC(=O)[C@@H]1N(Cc2ccccc2F)C(=O)[C@H]2[C@@H](C(=O)Nc3ccc(F)c(Cl)c3)[C@H]3C=C[C@@]12O3. The Bertz CT molecular complexity index is 1440. The maximum atomic E-state index is 14.8. The molecule has 2 N–H and O–H groups in total. The van der Waals surface area contributed by atoms with Gasteiger partial charge in [-0.1, -0.05) is 68.6 Å². The highest BCUT2D eigenvalue weighted by Gasteiger charge is 2.72. The minimum absolute atomic E-state index is 0.0722. The van der Waals surface area contributed by atoms with E-state index in [4.69, 9.17) is 16.3 Å². The number of hydrogen-bond acceptors (Lipinski definition) is 4. The number of nitrogens with zero attached hydrogens (tertiary/aromatic N) is 1. The predicted octanol–water partition coefficient (Wildman–Crippen LogP) is 4.85. The van der Waals surface area contributed by atoms with E-state index in [0.717, 1.165) is 25.3 Å². The summed E-state index contributed by atoms with van der Waals surface area (Å²) in [6, 6.07) is 8.75. The molecule has 41 heavy (non-hydrogen) atoms. The predicted molar refractivity (Wildman–Crippen MR) is 149 cm³/mol. The van der Waals surface area contributed by atoms with Crippen LogP contribution in [0.5, 0.6) is 0 Å². The second kappa shape index (κ2) is 10.5. The van der Waals surface area contributed by atoms with Gasteiger partial charge in [0.15, 0.2) is 0 Å². The highest BCUT2D eigenvalue weighted by atomic mass is 35.5. The van der Waals surface area contributed by atoms with Crippen LogP contribution in [0.25, 0.3) is 0 Å². The van der Waals surface area contributed by atoms with E-state index in [2.05, 4.69) is 24.5 Å². The Kier molecular flexibility index (Phi) is 7.14. The molecule has 1 saturated carbocycles. The number of benzene rings is 2. The van der Waals surface area contributed by atoms with Crippen LogP contribution in [0.15, 0.2) is 54.6 Å². The number of rotatable bonds is 6. The molecule has 7 nitrogen and oxygen atoms in total. The molecule has 2 bridgehead atoms. The standard InChI is InChI=1S/C31H32ClF2N3O4/c1-16-6-5-9-23(17(16)2)36-29(39)27-31-13-12-24(41-31)25(28(38)35-19-10-11-22(34)20(32)14-19)26(31)30(40)37(27)15-18-7-3-4-8-21(18)33/h3-4,7-8,10-14,16-17,23-27H,5-6,9,15H2,1-2H3,(H,35,38)(H,36,39)/t16-,17-,23+,24-,25+,26-,27+,31+/m1/s1. The van der Waals surface area contributed by atoms with Crippen molar-refractivity contribution >= 4 is 35.0 Å². The molecule has 0 unspecified atom stereocenters. The zero-order chi connectivity index (χ0) is 29.1. The molecule has 2 aromatic carbocycles. The fourth-order valence-corrected chi connectivity index (χ4v) is 7.28. The smallest absolute Gasteiger partial charge is 0.246 e. The first kappa shape index (κ1) is 27.8. The zero-order valence-corrected chi connectivity index (χ0v) is 23.5. The Labute approximate surface area is 242 Å². The van der Waals surface area contributed by atoms with Crippen LogP contribution in [-0.2, 0) is 25.7 Å². The Morgan fingerprint density at radius 2 is 1.88 bits per heavy atom. The number of likely N-dealkylation sites (tertiary alicyclic amines) is 1. The van der Waals surface area contributed by atoms with E-state index in [1.165, 1.54) is 23.1 Å². The lowest BCUT2D eigenvalue weighted by molar-refractivity contribution is -0.142. The topological polar surface area (TPSA) is 87.7 Å². The van der Waals surface area contributed by atoms with Crippen molar-refractivity contribution in [3.8, 4) is 0 Å². The third kappa shape index (κ3) is 4.63. The maximum absolute atomic E-state index is 14.8. The zero-order valence-electron chi connectivity index (χ0n) is 22.8. The lowest BCUT2D eigenvalue weighted by Gasteiger charge is -2.38. The maximum Gasteiger partial charge on any atom is 0.246 e. The summed E-state index contributed by atoms with van der Waals surface area (Å²) in [7, 11) is 0. The Hall–Kier alpha value is -3.30. The van der Waals surface area contributed by atoms with Crippen molar-refractivity contribution in [2.75, 3.05) is 5.32 Å².